The zero-order valence-corrected chi connectivity index (χ0v) is 9.31. The molecule has 0 fully saturated rings. The summed E-state index contributed by atoms with van der Waals surface area (Å²) in [6, 6.07) is 3.45. The maximum atomic E-state index is 13.5. The quantitative estimate of drug-likeness (QED) is 0.682. The van der Waals surface area contributed by atoms with Crippen molar-refractivity contribution in [3.8, 4) is 0 Å². The molecule has 1 aromatic rings. The molecule has 13 heavy (non-hydrogen) atoms. The van der Waals surface area contributed by atoms with E-state index < -0.39 is 0 Å². The van der Waals surface area contributed by atoms with Gasteiger partial charge in [-0.2, -0.15) is 0 Å². The third kappa shape index (κ3) is 2.61. The van der Waals surface area contributed by atoms with Gasteiger partial charge in [-0.05, 0) is 30.7 Å². The molecule has 0 aromatic heterocycles. The van der Waals surface area contributed by atoms with Gasteiger partial charge in [0.15, 0.2) is 0 Å². The monoisotopic (exact) mass is 218 g/mol. The molecule has 0 aliphatic rings. The van der Waals surface area contributed by atoms with Gasteiger partial charge in [-0.1, -0.05) is 24.6 Å². The van der Waals surface area contributed by atoms with Crippen molar-refractivity contribution in [2.75, 3.05) is 5.75 Å². The Hall–Kier alpha value is -0.210. The molecule has 0 nitrogen and oxygen atoms in total. The van der Waals surface area contributed by atoms with Gasteiger partial charge in [0.25, 0.3) is 0 Å². The van der Waals surface area contributed by atoms with E-state index in [-0.39, 0.29) is 5.82 Å². The number of hydrogen-bond acceptors (Lipinski definition) is 1. The first-order chi connectivity index (χ1) is 6.16. The molecule has 1 aromatic carbocycles. The van der Waals surface area contributed by atoms with Gasteiger partial charge < -0.3 is 0 Å². The molecule has 3 heteroatoms. The Kier molecular flexibility index (Phi) is 4.07. The fraction of sp³-hybridized carbons (Fsp3) is 0.400. The van der Waals surface area contributed by atoms with E-state index in [2.05, 4.69) is 6.92 Å². The number of aryl methyl sites for hydroxylation is 1. The molecular formula is C10H12ClFS. The summed E-state index contributed by atoms with van der Waals surface area (Å²) in [6.45, 7) is 3.82. The van der Waals surface area contributed by atoms with E-state index in [0.29, 0.717) is 15.5 Å². The second-order valence-electron chi connectivity index (χ2n) is 2.86. The molecule has 0 aliphatic carbocycles. The number of hydrogen-bond donors (Lipinski definition) is 0. The van der Waals surface area contributed by atoms with Crippen molar-refractivity contribution in [3.05, 3.63) is 28.5 Å². The lowest BCUT2D eigenvalue weighted by atomic mass is 10.2. The van der Waals surface area contributed by atoms with Crippen LogP contribution < -0.4 is 0 Å². The Bertz CT molecular complexity index is 299. The highest BCUT2D eigenvalue weighted by atomic mass is 35.5. The highest BCUT2D eigenvalue weighted by Crippen LogP contribution is 2.31. The molecular weight excluding hydrogens is 207 g/mol. The summed E-state index contributed by atoms with van der Waals surface area (Å²) >= 11 is 7.36. The smallest absolute Gasteiger partial charge is 0.141 e. The number of benzene rings is 1. The average Bonchev–Trinajstić information content (AvgIpc) is 2.12. The van der Waals surface area contributed by atoms with E-state index in [1.165, 1.54) is 11.8 Å². The second-order valence-corrected chi connectivity index (χ2v) is 4.37. The van der Waals surface area contributed by atoms with Gasteiger partial charge in [0.1, 0.15) is 5.82 Å². The van der Waals surface area contributed by atoms with Gasteiger partial charge in [-0.3, -0.25) is 0 Å². The molecule has 1 rings (SSSR count). The summed E-state index contributed by atoms with van der Waals surface area (Å²) in [6.07, 6.45) is 1.02. The molecule has 0 N–H and O–H groups in total. The van der Waals surface area contributed by atoms with Crippen molar-refractivity contribution < 1.29 is 4.39 Å². The minimum atomic E-state index is -0.175. The number of thioether (sulfide) groups is 1. The lowest BCUT2D eigenvalue weighted by Gasteiger charge is -2.06. The summed E-state index contributed by atoms with van der Waals surface area (Å²) < 4.78 is 13.5. The zero-order valence-electron chi connectivity index (χ0n) is 7.73. The van der Waals surface area contributed by atoms with Gasteiger partial charge in [0.05, 0.1) is 9.92 Å². The van der Waals surface area contributed by atoms with Crippen LogP contribution in [-0.2, 0) is 0 Å². The number of halogens is 2. The van der Waals surface area contributed by atoms with Crippen LogP contribution >= 0.6 is 23.4 Å². The standard InChI is InChI=1S/C10H12ClFS/c1-3-6-13-10-8(11)5-4-7(2)9(10)12/h4-5H,3,6H2,1-2H3. The maximum Gasteiger partial charge on any atom is 0.141 e. The Morgan fingerprint density at radius 1 is 1.46 bits per heavy atom. The average molecular weight is 219 g/mol. The highest BCUT2D eigenvalue weighted by molar-refractivity contribution is 7.99. The lowest BCUT2D eigenvalue weighted by Crippen LogP contribution is -1.88. The Morgan fingerprint density at radius 2 is 2.15 bits per heavy atom. The van der Waals surface area contributed by atoms with Crippen molar-refractivity contribution in [3.63, 3.8) is 0 Å². The molecule has 0 saturated heterocycles. The Labute approximate surface area is 87.5 Å². The van der Waals surface area contributed by atoms with Crippen molar-refractivity contribution >= 4 is 23.4 Å². The minimum absolute atomic E-state index is 0.175. The predicted molar refractivity (Wildman–Crippen MR) is 57.2 cm³/mol. The van der Waals surface area contributed by atoms with Crippen LogP contribution in [0, 0.1) is 12.7 Å². The molecule has 0 radical (unpaired) electrons. The second kappa shape index (κ2) is 4.87. The highest BCUT2D eigenvalue weighted by Gasteiger charge is 2.09. The van der Waals surface area contributed by atoms with E-state index in [0.717, 1.165) is 12.2 Å². The Morgan fingerprint density at radius 3 is 2.77 bits per heavy atom. The predicted octanol–water partition coefficient (Wildman–Crippen LogP) is 4.29. The van der Waals surface area contributed by atoms with E-state index in [1.807, 2.05) is 0 Å². The lowest BCUT2D eigenvalue weighted by molar-refractivity contribution is 0.593. The van der Waals surface area contributed by atoms with Crippen LogP contribution in [0.2, 0.25) is 5.02 Å². The first-order valence-corrected chi connectivity index (χ1v) is 5.60. The third-order valence-electron chi connectivity index (χ3n) is 1.69. The van der Waals surface area contributed by atoms with Crippen LogP contribution in [0.5, 0.6) is 0 Å². The topological polar surface area (TPSA) is 0 Å². The van der Waals surface area contributed by atoms with Crippen molar-refractivity contribution in [1.82, 2.24) is 0 Å². The van der Waals surface area contributed by atoms with Gasteiger partial charge in [-0.15, -0.1) is 11.8 Å². The van der Waals surface area contributed by atoms with Crippen LogP contribution in [0.4, 0.5) is 4.39 Å². The zero-order chi connectivity index (χ0) is 9.84. The van der Waals surface area contributed by atoms with Crippen LogP contribution in [-0.4, -0.2) is 5.75 Å². The van der Waals surface area contributed by atoms with Crippen LogP contribution in [0.25, 0.3) is 0 Å². The van der Waals surface area contributed by atoms with E-state index in [9.17, 15) is 4.39 Å². The summed E-state index contributed by atoms with van der Waals surface area (Å²) in [5, 5.41) is 0.515. The van der Waals surface area contributed by atoms with Crippen molar-refractivity contribution in [1.29, 1.82) is 0 Å². The molecule has 0 spiro atoms. The molecule has 0 saturated carbocycles. The van der Waals surface area contributed by atoms with E-state index in [1.54, 1.807) is 19.1 Å². The third-order valence-corrected chi connectivity index (χ3v) is 3.42. The molecule has 72 valence electrons. The molecule has 0 amide bonds. The maximum absolute atomic E-state index is 13.5. The van der Waals surface area contributed by atoms with E-state index >= 15 is 0 Å². The molecule has 0 aliphatic heterocycles. The van der Waals surface area contributed by atoms with Crippen LogP contribution in [0.1, 0.15) is 18.9 Å². The fourth-order valence-corrected chi connectivity index (χ4v) is 2.18. The van der Waals surface area contributed by atoms with Gasteiger partial charge >= 0.3 is 0 Å². The number of rotatable bonds is 3. The van der Waals surface area contributed by atoms with Crippen molar-refractivity contribution in [2.24, 2.45) is 0 Å². The molecule has 0 heterocycles. The first-order valence-electron chi connectivity index (χ1n) is 4.24. The van der Waals surface area contributed by atoms with Crippen molar-refractivity contribution in [2.45, 2.75) is 25.2 Å². The molecule has 0 bridgehead atoms. The summed E-state index contributed by atoms with van der Waals surface area (Å²) in [5.41, 5.74) is 0.656. The molecule has 0 unspecified atom stereocenters. The SMILES string of the molecule is CCCSc1c(Cl)ccc(C)c1F. The first kappa shape index (κ1) is 10.9. The van der Waals surface area contributed by atoms with Gasteiger partial charge in [0.2, 0.25) is 0 Å². The fourth-order valence-electron chi connectivity index (χ4n) is 0.967. The van der Waals surface area contributed by atoms with E-state index in [4.69, 9.17) is 11.6 Å². The summed E-state index contributed by atoms with van der Waals surface area (Å²) in [5.74, 6) is 0.728. The van der Waals surface area contributed by atoms with Gasteiger partial charge in [-0.25, -0.2) is 4.39 Å². The van der Waals surface area contributed by atoms with Gasteiger partial charge in [0, 0.05) is 0 Å². The van der Waals surface area contributed by atoms with Crippen LogP contribution in [0.3, 0.4) is 0 Å². The Balaban J connectivity index is 2.96. The summed E-state index contributed by atoms with van der Waals surface area (Å²) in [4.78, 5) is 0.587. The summed E-state index contributed by atoms with van der Waals surface area (Å²) in [7, 11) is 0. The van der Waals surface area contributed by atoms with Crippen LogP contribution in [0.15, 0.2) is 17.0 Å². The normalized spacial score (nSPS) is 10.5. The molecule has 0 atom stereocenters. The largest absolute Gasteiger partial charge is 0.205 e. The minimum Gasteiger partial charge on any atom is -0.205 e.